The molecule has 1 aromatic rings. The average Bonchev–Trinajstić information content (AvgIpc) is 2.51. The van der Waals surface area contributed by atoms with Crippen LogP contribution in [0.3, 0.4) is 0 Å². The lowest BCUT2D eigenvalue weighted by molar-refractivity contribution is 0.229. The molecule has 0 saturated heterocycles. The topological polar surface area (TPSA) is 75.6 Å². The molecule has 1 aliphatic rings. The maximum absolute atomic E-state index is 10.9. The van der Waals surface area contributed by atoms with Crippen molar-refractivity contribution in [2.24, 2.45) is 0 Å². The fourth-order valence-electron chi connectivity index (χ4n) is 3.69. The zero-order valence-corrected chi connectivity index (χ0v) is 15.5. The van der Waals surface area contributed by atoms with E-state index < -0.39 is 10.1 Å². The van der Waals surface area contributed by atoms with Crippen LogP contribution < -0.4 is 10.1 Å². The minimum atomic E-state index is -3.88. The van der Waals surface area contributed by atoms with Gasteiger partial charge in [-0.1, -0.05) is 25.3 Å². The molecular weight excluding hydrogens is 326 g/mol. The van der Waals surface area contributed by atoms with E-state index in [1.165, 1.54) is 30.4 Å². The zero-order valence-electron chi connectivity index (χ0n) is 14.7. The van der Waals surface area contributed by atoms with Gasteiger partial charge in [0.15, 0.2) is 0 Å². The summed E-state index contributed by atoms with van der Waals surface area (Å²) >= 11 is 0. The van der Waals surface area contributed by atoms with Gasteiger partial charge in [-0.05, 0) is 62.4 Å². The number of ether oxygens (including phenoxy) is 1. The van der Waals surface area contributed by atoms with Crippen molar-refractivity contribution in [3.8, 4) is 5.75 Å². The Labute approximate surface area is 145 Å². The highest BCUT2D eigenvalue weighted by molar-refractivity contribution is 7.85. The summed E-state index contributed by atoms with van der Waals surface area (Å²) in [6, 6.07) is 6.30. The Morgan fingerprint density at radius 3 is 2.54 bits per heavy atom. The Bertz CT molecular complexity index is 636. The Morgan fingerprint density at radius 2 is 1.92 bits per heavy atom. The predicted molar refractivity (Wildman–Crippen MR) is 96.3 cm³/mol. The fourth-order valence-corrected chi connectivity index (χ4v) is 4.20. The molecule has 6 heteroatoms. The first-order valence-electron chi connectivity index (χ1n) is 8.67. The van der Waals surface area contributed by atoms with Gasteiger partial charge >= 0.3 is 0 Å². The third-order valence-electron chi connectivity index (χ3n) is 4.78. The summed E-state index contributed by atoms with van der Waals surface area (Å²) in [4.78, 5) is 0. The second-order valence-electron chi connectivity index (χ2n) is 6.94. The third-order valence-corrected chi connectivity index (χ3v) is 5.58. The summed E-state index contributed by atoms with van der Waals surface area (Å²) in [6.07, 6.45) is 7.16. The van der Waals surface area contributed by atoms with Crippen molar-refractivity contribution in [3.63, 3.8) is 0 Å². The molecule has 2 rings (SSSR count). The van der Waals surface area contributed by atoms with E-state index in [9.17, 15) is 8.42 Å². The molecule has 0 spiro atoms. The number of benzene rings is 1. The first-order chi connectivity index (χ1) is 11.3. The summed E-state index contributed by atoms with van der Waals surface area (Å²) in [6.45, 7) is 2.67. The molecule has 1 fully saturated rings. The first kappa shape index (κ1) is 19.2. The molecule has 2 N–H and O–H groups in total. The minimum absolute atomic E-state index is 0.0102. The van der Waals surface area contributed by atoms with E-state index in [-0.39, 0.29) is 11.3 Å². The summed E-state index contributed by atoms with van der Waals surface area (Å²) in [5, 5.41) is 3.60. The van der Waals surface area contributed by atoms with Gasteiger partial charge in [0.05, 0.1) is 12.9 Å². The molecule has 0 unspecified atom stereocenters. The van der Waals surface area contributed by atoms with E-state index in [0.29, 0.717) is 13.0 Å². The highest BCUT2D eigenvalue weighted by Gasteiger charge is 2.31. The van der Waals surface area contributed by atoms with Crippen LogP contribution in [0.1, 0.15) is 49.7 Å². The molecule has 0 aromatic heterocycles. The van der Waals surface area contributed by atoms with Crippen molar-refractivity contribution in [3.05, 3.63) is 29.3 Å². The molecule has 5 nitrogen and oxygen atoms in total. The van der Waals surface area contributed by atoms with Crippen LogP contribution >= 0.6 is 0 Å². The van der Waals surface area contributed by atoms with Crippen LogP contribution in [0.15, 0.2) is 18.2 Å². The molecule has 136 valence electrons. The van der Waals surface area contributed by atoms with E-state index >= 15 is 0 Å². The minimum Gasteiger partial charge on any atom is -0.497 e. The molecule has 0 heterocycles. The Hall–Kier alpha value is -1.11. The second-order valence-corrected chi connectivity index (χ2v) is 8.51. The van der Waals surface area contributed by atoms with Gasteiger partial charge in [0, 0.05) is 5.54 Å². The fraction of sp³-hybridized carbons (Fsp3) is 0.667. The molecule has 0 bridgehead atoms. The predicted octanol–water partition coefficient (Wildman–Crippen LogP) is 3.12. The lowest BCUT2D eigenvalue weighted by Gasteiger charge is -2.39. The molecule has 1 aliphatic carbocycles. The van der Waals surface area contributed by atoms with Crippen molar-refractivity contribution >= 4 is 10.1 Å². The summed E-state index contributed by atoms with van der Waals surface area (Å²) in [7, 11) is -2.19. The van der Waals surface area contributed by atoms with Crippen molar-refractivity contribution in [1.82, 2.24) is 5.32 Å². The van der Waals surface area contributed by atoms with Gasteiger partial charge in [0.1, 0.15) is 5.75 Å². The number of hydrogen-bond donors (Lipinski definition) is 2. The molecule has 0 aliphatic heterocycles. The molecule has 1 aromatic carbocycles. The maximum atomic E-state index is 10.9. The first-order valence-corrected chi connectivity index (χ1v) is 10.3. The highest BCUT2D eigenvalue weighted by atomic mass is 32.2. The number of rotatable bonds is 8. The van der Waals surface area contributed by atoms with Crippen LogP contribution in [0.2, 0.25) is 0 Å². The Morgan fingerprint density at radius 1 is 1.21 bits per heavy atom. The molecule has 0 amide bonds. The monoisotopic (exact) mass is 355 g/mol. The van der Waals surface area contributed by atoms with E-state index in [1.54, 1.807) is 7.11 Å². The average molecular weight is 356 g/mol. The zero-order chi connectivity index (χ0) is 17.6. The van der Waals surface area contributed by atoms with E-state index in [4.69, 9.17) is 9.29 Å². The number of nitrogens with one attached hydrogen (secondary N) is 1. The molecule has 0 atom stereocenters. The van der Waals surface area contributed by atoms with Crippen molar-refractivity contribution < 1.29 is 17.7 Å². The van der Waals surface area contributed by atoms with Gasteiger partial charge in [0.25, 0.3) is 10.1 Å². The van der Waals surface area contributed by atoms with Crippen LogP contribution in [0.25, 0.3) is 0 Å². The van der Waals surface area contributed by atoms with Gasteiger partial charge in [0.2, 0.25) is 0 Å². The smallest absolute Gasteiger partial charge is 0.264 e. The molecule has 0 radical (unpaired) electrons. The molecule has 24 heavy (non-hydrogen) atoms. The number of aryl methyl sites for hydroxylation is 1. The SMILES string of the molecule is COc1cc(C)cc(CC2(NCCCS(=O)(=O)O)CCCCC2)c1. The van der Waals surface area contributed by atoms with E-state index in [2.05, 4.69) is 24.4 Å². The van der Waals surface area contributed by atoms with Crippen molar-refractivity contribution in [1.29, 1.82) is 0 Å². The standard InChI is InChI=1S/C18H29NO4S/c1-15-11-16(13-17(12-15)23-2)14-18(7-4-3-5-8-18)19-9-6-10-24(20,21)22/h11-13,19H,3-10,14H2,1-2H3,(H,20,21,22). The third kappa shape index (κ3) is 6.07. The normalized spacial score (nSPS) is 17.6. The van der Waals surface area contributed by atoms with Crippen LogP contribution in [0.5, 0.6) is 5.75 Å². The second kappa shape index (κ2) is 8.32. The van der Waals surface area contributed by atoms with Crippen LogP contribution in [-0.2, 0) is 16.5 Å². The van der Waals surface area contributed by atoms with Crippen LogP contribution in [0.4, 0.5) is 0 Å². The Kier molecular flexibility index (Phi) is 6.66. The van der Waals surface area contributed by atoms with Gasteiger partial charge in [-0.3, -0.25) is 4.55 Å². The van der Waals surface area contributed by atoms with Gasteiger partial charge in [-0.25, -0.2) is 0 Å². The molecule has 1 saturated carbocycles. The summed E-state index contributed by atoms with van der Waals surface area (Å²) < 4.78 is 36.0. The van der Waals surface area contributed by atoms with E-state index in [0.717, 1.165) is 25.0 Å². The molecular formula is C18H29NO4S. The van der Waals surface area contributed by atoms with Crippen molar-refractivity contribution in [2.75, 3.05) is 19.4 Å². The van der Waals surface area contributed by atoms with Gasteiger partial charge in [-0.2, -0.15) is 8.42 Å². The summed E-state index contributed by atoms with van der Waals surface area (Å²) in [5.74, 6) is 0.691. The summed E-state index contributed by atoms with van der Waals surface area (Å²) in [5.41, 5.74) is 2.44. The maximum Gasteiger partial charge on any atom is 0.264 e. The largest absolute Gasteiger partial charge is 0.497 e. The van der Waals surface area contributed by atoms with Crippen LogP contribution in [0, 0.1) is 6.92 Å². The van der Waals surface area contributed by atoms with Gasteiger partial charge in [-0.15, -0.1) is 0 Å². The lowest BCUT2D eigenvalue weighted by Crippen LogP contribution is -2.49. The highest BCUT2D eigenvalue weighted by Crippen LogP contribution is 2.32. The quantitative estimate of drug-likeness (QED) is 0.553. The lowest BCUT2D eigenvalue weighted by atomic mass is 9.77. The number of hydrogen-bond acceptors (Lipinski definition) is 4. The number of methoxy groups -OCH3 is 1. The van der Waals surface area contributed by atoms with Gasteiger partial charge < -0.3 is 10.1 Å². The van der Waals surface area contributed by atoms with E-state index in [1.807, 2.05) is 6.07 Å². The van der Waals surface area contributed by atoms with Crippen molar-refractivity contribution in [2.45, 2.75) is 57.4 Å². The Balaban J connectivity index is 2.05. The van der Waals surface area contributed by atoms with Crippen LogP contribution in [-0.4, -0.2) is 37.9 Å².